The maximum absolute atomic E-state index is 13.2. The first-order chi connectivity index (χ1) is 14.5. The van der Waals surface area contributed by atoms with Crippen molar-refractivity contribution in [2.45, 2.75) is 26.6 Å². The van der Waals surface area contributed by atoms with Crippen molar-refractivity contribution in [2.75, 3.05) is 11.9 Å². The van der Waals surface area contributed by atoms with Crippen molar-refractivity contribution >= 4 is 33.5 Å². The van der Waals surface area contributed by atoms with Gasteiger partial charge in [-0.05, 0) is 47.2 Å². The summed E-state index contributed by atoms with van der Waals surface area (Å²) in [5.74, 6) is 1.27. The maximum atomic E-state index is 13.2. The van der Waals surface area contributed by atoms with Crippen molar-refractivity contribution in [2.24, 2.45) is 0 Å². The molecule has 3 rings (SSSR count). The zero-order chi connectivity index (χ0) is 21.5. The van der Waals surface area contributed by atoms with E-state index in [2.05, 4.69) is 43.4 Å². The van der Waals surface area contributed by atoms with Gasteiger partial charge in [0, 0.05) is 16.6 Å². The molecule has 0 unspecified atom stereocenters. The number of tetrazole rings is 1. The van der Waals surface area contributed by atoms with E-state index >= 15 is 0 Å². The third-order valence-electron chi connectivity index (χ3n) is 4.08. The van der Waals surface area contributed by atoms with Gasteiger partial charge >= 0.3 is 0 Å². The average molecular weight is 497 g/mol. The van der Waals surface area contributed by atoms with Crippen LogP contribution in [-0.2, 0) is 19.7 Å². The number of aromatic nitrogens is 4. The summed E-state index contributed by atoms with van der Waals surface area (Å²) in [6, 6.07) is 7.90. The summed E-state index contributed by atoms with van der Waals surface area (Å²) in [7, 11) is 0. The number of rotatable bonds is 10. The van der Waals surface area contributed by atoms with Crippen LogP contribution < -0.4 is 14.8 Å². The molecule has 1 N–H and O–H groups in total. The first kappa shape index (κ1) is 22.0. The smallest absolute Gasteiger partial charge is 0.243 e. The van der Waals surface area contributed by atoms with E-state index in [-0.39, 0.29) is 6.61 Å². The van der Waals surface area contributed by atoms with Crippen LogP contribution in [0.2, 0.25) is 5.02 Å². The molecular formula is C20H20BrClFN5O2. The molecule has 0 saturated heterocycles. The van der Waals surface area contributed by atoms with Crippen LogP contribution in [0, 0.1) is 5.82 Å². The second-order valence-corrected chi connectivity index (χ2v) is 7.44. The molecule has 0 amide bonds. The Morgan fingerprint density at radius 3 is 2.77 bits per heavy atom. The maximum Gasteiger partial charge on any atom is 0.243 e. The second kappa shape index (κ2) is 10.4. The molecule has 0 fully saturated rings. The summed E-state index contributed by atoms with van der Waals surface area (Å²) in [6.07, 6.45) is 1.71. The van der Waals surface area contributed by atoms with E-state index in [1.54, 1.807) is 16.8 Å². The van der Waals surface area contributed by atoms with Crippen LogP contribution in [0.4, 0.5) is 10.3 Å². The minimum absolute atomic E-state index is 0.180. The molecule has 1 aromatic heterocycles. The number of allylic oxidation sites excluding steroid dienone is 1. The van der Waals surface area contributed by atoms with Gasteiger partial charge in [-0.25, -0.2) is 9.07 Å². The Hall–Kier alpha value is -2.65. The van der Waals surface area contributed by atoms with Gasteiger partial charge in [-0.3, -0.25) is 0 Å². The molecular weight excluding hydrogens is 477 g/mol. The summed E-state index contributed by atoms with van der Waals surface area (Å²) in [5.41, 5.74) is 1.61. The lowest BCUT2D eigenvalue weighted by Gasteiger charge is -2.16. The molecule has 7 nitrogen and oxygen atoms in total. The van der Waals surface area contributed by atoms with Gasteiger partial charge in [-0.2, -0.15) is 0 Å². The highest BCUT2D eigenvalue weighted by atomic mass is 79.9. The first-order valence-corrected chi connectivity index (χ1v) is 10.3. The SMILES string of the molecule is C=CCn1nnnc1NCc1cc(OCC)c(OCc2ccc(F)cc2Cl)cc1Br. The Morgan fingerprint density at radius 2 is 2.03 bits per heavy atom. The minimum Gasteiger partial charge on any atom is -0.490 e. The third kappa shape index (κ3) is 5.48. The van der Waals surface area contributed by atoms with Crippen LogP contribution in [0.25, 0.3) is 0 Å². The lowest BCUT2D eigenvalue weighted by molar-refractivity contribution is 0.269. The molecule has 0 atom stereocenters. The highest BCUT2D eigenvalue weighted by Crippen LogP contribution is 2.35. The van der Waals surface area contributed by atoms with Gasteiger partial charge in [0.2, 0.25) is 5.95 Å². The molecule has 0 radical (unpaired) electrons. The predicted molar refractivity (Wildman–Crippen MR) is 116 cm³/mol. The number of halogens is 3. The van der Waals surface area contributed by atoms with Crippen LogP contribution in [-0.4, -0.2) is 26.8 Å². The predicted octanol–water partition coefficient (Wildman–Crippen LogP) is 5.00. The van der Waals surface area contributed by atoms with E-state index in [1.807, 2.05) is 19.1 Å². The topological polar surface area (TPSA) is 74.1 Å². The van der Waals surface area contributed by atoms with Gasteiger partial charge in [-0.1, -0.05) is 44.8 Å². The molecule has 2 aromatic carbocycles. The minimum atomic E-state index is -0.391. The van der Waals surface area contributed by atoms with Gasteiger partial charge in [0.1, 0.15) is 12.4 Å². The van der Waals surface area contributed by atoms with E-state index < -0.39 is 5.82 Å². The average Bonchev–Trinajstić information content (AvgIpc) is 3.15. The van der Waals surface area contributed by atoms with Crippen LogP contribution in [0.1, 0.15) is 18.1 Å². The molecule has 1 heterocycles. The summed E-state index contributed by atoms with van der Waals surface area (Å²) in [6.45, 7) is 7.20. The van der Waals surface area contributed by atoms with Crippen molar-refractivity contribution in [3.63, 3.8) is 0 Å². The third-order valence-corrected chi connectivity index (χ3v) is 5.17. The zero-order valence-electron chi connectivity index (χ0n) is 16.2. The molecule has 3 aromatic rings. The second-order valence-electron chi connectivity index (χ2n) is 6.17. The fraction of sp³-hybridized carbons (Fsp3) is 0.250. The summed E-state index contributed by atoms with van der Waals surface area (Å²) in [5, 5.41) is 15.0. The van der Waals surface area contributed by atoms with Crippen molar-refractivity contribution < 1.29 is 13.9 Å². The lowest BCUT2D eigenvalue weighted by Crippen LogP contribution is -2.09. The Morgan fingerprint density at radius 1 is 1.23 bits per heavy atom. The lowest BCUT2D eigenvalue weighted by atomic mass is 10.2. The summed E-state index contributed by atoms with van der Waals surface area (Å²) >= 11 is 9.66. The number of hydrogen-bond donors (Lipinski definition) is 1. The standard InChI is InChI=1S/C20H20BrClFN5O2/c1-3-7-28-20(25-26-27-28)24-11-14-8-18(29-4-2)19(10-16(14)21)30-12-13-5-6-15(23)9-17(13)22/h3,5-6,8-10H,1,4,7,11-12H2,2H3,(H,24,25,27). The monoisotopic (exact) mass is 495 g/mol. The number of ether oxygens (including phenoxy) is 2. The van der Waals surface area contributed by atoms with Gasteiger partial charge in [0.05, 0.1) is 18.2 Å². The van der Waals surface area contributed by atoms with Crippen LogP contribution in [0.3, 0.4) is 0 Å². The molecule has 0 bridgehead atoms. The van der Waals surface area contributed by atoms with E-state index in [1.165, 1.54) is 12.1 Å². The Kier molecular flexibility index (Phi) is 7.64. The highest BCUT2D eigenvalue weighted by Gasteiger charge is 2.13. The van der Waals surface area contributed by atoms with Gasteiger partial charge in [0.15, 0.2) is 11.5 Å². The zero-order valence-corrected chi connectivity index (χ0v) is 18.6. The largest absolute Gasteiger partial charge is 0.490 e. The molecule has 10 heteroatoms. The van der Waals surface area contributed by atoms with Crippen LogP contribution >= 0.6 is 27.5 Å². The summed E-state index contributed by atoms with van der Waals surface area (Å²) in [4.78, 5) is 0. The number of benzene rings is 2. The molecule has 0 aliphatic carbocycles. The Bertz CT molecular complexity index is 1030. The number of hydrogen-bond acceptors (Lipinski definition) is 6. The van der Waals surface area contributed by atoms with Gasteiger partial charge in [-0.15, -0.1) is 6.58 Å². The highest BCUT2D eigenvalue weighted by molar-refractivity contribution is 9.10. The first-order valence-electron chi connectivity index (χ1n) is 9.14. The van der Waals surface area contributed by atoms with Crippen molar-refractivity contribution in [3.8, 4) is 11.5 Å². The van der Waals surface area contributed by atoms with Crippen molar-refractivity contribution in [3.05, 3.63) is 69.4 Å². The van der Waals surface area contributed by atoms with Crippen LogP contribution in [0.15, 0.2) is 47.5 Å². The number of anilines is 1. The fourth-order valence-electron chi connectivity index (χ4n) is 2.64. The van der Waals surface area contributed by atoms with Gasteiger partial charge < -0.3 is 14.8 Å². The van der Waals surface area contributed by atoms with Crippen molar-refractivity contribution in [1.82, 2.24) is 20.2 Å². The van der Waals surface area contributed by atoms with Crippen LogP contribution in [0.5, 0.6) is 11.5 Å². The molecule has 0 aliphatic rings. The summed E-state index contributed by atoms with van der Waals surface area (Å²) < 4.78 is 27.3. The van der Waals surface area contributed by atoms with E-state index in [0.717, 1.165) is 10.0 Å². The normalized spacial score (nSPS) is 10.7. The quantitative estimate of drug-likeness (QED) is 0.398. The Labute approximate surface area is 187 Å². The molecule has 0 saturated carbocycles. The molecule has 0 spiro atoms. The number of nitrogens with one attached hydrogen (secondary N) is 1. The molecule has 0 aliphatic heterocycles. The van der Waals surface area contributed by atoms with E-state index in [4.69, 9.17) is 21.1 Å². The van der Waals surface area contributed by atoms with Crippen molar-refractivity contribution in [1.29, 1.82) is 0 Å². The van der Waals surface area contributed by atoms with E-state index in [0.29, 0.717) is 47.7 Å². The number of nitrogens with zero attached hydrogens (tertiary/aromatic N) is 4. The fourth-order valence-corrected chi connectivity index (χ4v) is 3.32. The van der Waals surface area contributed by atoms with Gasteiger partial charge in [0.25, 0.3) is 0 Å². The Balaban J connectivity index is 1.75. The molecule has 158 valence electrons. The van der Waals surface area contributed by atoms with E-state index in [9.17, 15) is 4.39 Å². The molecule has 30 heavy (non-hydrogen) atoms.